The van der Waals surface area contributed by atoms with Crippen molar-refractivity contribution in [3.8, 4) is 17.2 Å². The number of benzene rings is 2. The standard InChI is InChI=1S/C20H12F7NO5/c1-30-12-6-8(2-4-10(12)33-20(26)27)28-19(29)11-5-3-9(32-11)7-31-18-16(24)14(22)13(21)15(23)17(18)25/h2-6,20H,7H2,1H3,(H,28,29). The first-order valence-corrected chi connectivity index (χ1v) is 8.79. The van der Waals surface area contributed by atoms with Gasteiger partial charge in [-0.05, 0) is 24.3 Å². The summed E-state index contributed by atoms with van der Waals surface area (Å²) in [5, 5.41) is 2.38. The molecule has 0 aliphatic carbocycles. The Balaban J connectivity index is 1.69. The first-order chi connectivity index (χ1) is 15.6. The van der Waals surface area contributed by atoms with Crippen LogP contribution in [0, 0.1) is 29.1 Å². The van der Waals surface area contributed by atoms with E-state index < -0.39 is 54.0 Å². The van der Waals surface area contributed by atoms with Crippen molar-refractivity contribution < 1.29 is 54.2 Å². The maximum atomic E-state index is 13.6. The van der Waals surface area contributed by atoms with Crippen LogP contribution >= 0.6 is 0 Å². The Kier molecular flexibility index (Phi) is 6.99. The molecule has 0 spiro atoms. The molecule has 0 saturated heterocycles. The SMILES string of the molecule is COc1cc(NC(=O)c2ccc(COc3c(F)c(F)c(F)c(F)c3F)o2)ccc1OC(F)F. The van der Waals surface area contributed by atoms with Gasteiger partial charge in [0.25, 0.3) is 5.91 Å². The summed E-state index contributed by atoms with van der Waals surface area (Å²) in [6.45, 7) is -3.85. The van der Waals surface area contributed by atoms with E-state index in [0.717, 1.165) is 12.1 Å². The van der Waals surface area contributed by atoms with E-state index in [-0.39, 0.29) is 28.7 Å². The van der Waals surface area contributed by atoms with Gasteiger partial charge in [-0.25, -0.2) is 13.2 Å². The van der Waals surface area contributed by atoms with E-state index in [4.69, 9.17) is 9.15 Å². The smallest absolute Gasteiger partial charge is 0.387 e. The second-order valence-electron chi connectivity index (χ2n) is 6.15. The molecule has 0 fully saturated rings. The minimum atomic E-state index is -3.09. The maximum absolute atomic E-state index is 13.6. The number of halogens is 7. The molecule has 0 atom stereocenters. The van der Waals surface area contributed by atoms with Crippen LogP contribution in [-0.2, 0) is 6.61 Å². The average molecular weight is 479 g/mol. The lowest BCUT2D eigenvalue weighted by Crippen LogP contribution is -2.11. The number of anilines is 1. The summed E-state index contributed by atoms with van der Waals surface area (Å²) in [4.78, 5) is 12.3. The Labute approximate surface area is 180 Å². The van der Waals surface area contributed by atoms with Crippen LogP contribution in [0.2, 0.25) is 0 Å². The zero-order valence-corrected chi connectivity index (χ0v) is 16.4. The van der Waals surface area contributed by atoms with Crippen LogP contribution in [0.15, 0.2) is 34.7 Å². The molecule has 0 saturated carbocycles. The highest BCUT2D eigenvalue weighted by atomic mass is 19.3. The van der Waals surface area contributed by atoms with Crippen LogP contribution in [0.4, 0.5) is 36.4 Å². The van der Waals surface area contributed by atoms with Crippen molar-refractivity contribution in [3.63, 3.8) is 0 Å². The summed E-state index contributed by atoms with van der Waals surface area (Å²) < 4.78 is 110. The number of furan rings is 1. The Morgan fingerprint density at radius 3 is 2.18 bits per heavy atom. The number of carbonyl (C=O) groups excluding carboxylic acids is 1. The number of hydrogen-bond donors (Lipinski definition) is 1. The predicted octanol–water partition coefficient (Wildman–Crippen LogP) is 5.42. The highest BCUT2D eigenvalue weighted by molar-refractivity contribution is 6.02. The zero-order chi connectivity index (χ0) is 24.3. The van der Waals surface area contributed by atoms with Crippen molar-refractivity contribution in [2.45, 2.75) is 13.2 Å². The Morgan fingerprint density at radius 2 is 1.58 bits per heavy atom. The van der Waals surface area contributed by atoms with E-state index >= 15 is 0 Å². The number of rotatable bonds is 8. The lowest BCUT2D eigenvalue weighted by molar-refractivity contribution is -0.0512. The second-order valence-corrected chi connectivity index (χ2v) is 6.15. The first-order valence-electron chi connectivity index (χ1n) is 8.79. The number of nitrogens with one attached hydrogen (secondary N) is 1. The molecule has 1 heterocycles. The van der Waals surface area contributed by atoms with Gasteiger partial charge in [-0.1, -0.05) is 0 Å². The van der Waals surface area contributed by atoms with Crippen LogP contribution in [-0.4, -0.2) is 19.6 Å². The van der Waals surface area contributed by atoms with Crippen LogP contribution < -0.4 is 19.5 Å². The molecular formula is C20H12F7NO5. The zero-order valence-electron chi connectivity index (χ0n) is 16.4. The Hall–Kier alpha value is -3.90. The van der Waals surface area contributed by atoms with E-state index in [2.05, 4.69) is 14.8 Å². The summed E-state index contributed by atoms with van der Waals surface area (Å²) in [6.07, 6.45) is 0. The molecule has 0 aliphatic rings. The molecule has 2 aromatic carbocycles. The van der Waals surface area contributed by atoms with Crippen molar-refractivity contribution >= 4 is 11.6 Å². The minimum Gasteiger partial charge on any atom is -0.493 e. The van der Waals surface area contributed by atoms with Crippen LogP contribution in [0.1, 0.15) is 16.3 Å². The van der Waals surface area contributed by atoms with Crippen molar-refractivity contribution in [2.24, 2.45) is 0 Å². The fourth-order valence-corrected chi connectivity index (χ4v) is 2.56. The summed E-state index contributed by atoms with van der Waals surface area (Å²) in [6, 6.07) is 5.89. The monoisotopic (exact) mass is 479 g/mol. The second kappa shape index (κ2) is 9.71. The third kappa shape index (κ3) is 5.13. The van der Waals surface area contributed by atoms with Gasteiger partial charge in [0.2, 0.25) is 29.1 Å². The van der Waals surface area contributed by atoms with Crippen molar-refractivity contribution in [1.82, 2.24) is 0 Å². The fourth-order valence-electron chi connectivity index (χ4n) is 2.56. The lowest BCUT2D eigenvalue weighted by atomic mass is 10.2. The fraction of sp³-hybridized carbons (Fsp3) is 0.150. The van der Waals surface area contributed by atoms with E-state index in [9.17, 15) is 35.5 Å². The van der Waals surface area contributed by atoms with Crippen LogP contribution in [0.5, 0.6) is 17.2 Å². The lowest BCUT2D eigenvalue weighted by Gasteiger charge is -2.11. The van der Waals surface area contributed by atoms with Crippen molar-refractivity contribution in [2.75, 3.05) is 12.4 Å². The van der Waals surface area contributed by atoms with Gasteiger partial charge in [0.05, 0.1) is 7.11 Å². The topological polar surface area (TPSA) is 69.9 Å². The normalized spacial score (nSPS) is 10.9. The van der Waals surface area contributed by atoms with Gasteiger partial charge in [-0.3, -0.25) is 4.79 Å². The van der Waals surface area contributed by atoms with E-state index in [0.29, 0.717) is 0 Å². The number of methoxy groups -OCH3 is 1. The van der Waals surface area contributed by atoms with Gasteiger partial charge in [0.15, 0.2) is 23.0 Å². The van der Waals surface area contributed by atoms with Crippen molar-refractivity contribution in [3.05, 3.63) is 70.9 Å². The number of carbonyl (C=O) groups is 1. The number of amides is 1. The van der Waals surface area contributed by atoms with Crippen molar-refractivity contribution in [1.29, 1.82) is 0 Å². The molecule has 13 heteroatoms. The third-order valence-corrected chi connectivity index (χ3v) is 4.05. The molecule has 3 aromatic rings. The van der Waals surface area contributed by atoms with Crippen LogP contribution in [0.3, 0.4) is 0 Å². The van der Waals surface area contributed by atoms with Crippen LogP contribution in [0.25, 0.3) is 0 Å². The molecule has 1 aromatic heterocycles. The van der Waals surface area contributed by atoms with Gasteiger partial charge < -0.3 is 23.9 Å². The average Bonchev–Trinajstić information content (AvgIpc) is 3.26. The first kappa shape index (κ1) is 23.8. The third-order valence-electron chi connectivity index (χ3n) is 4.05. The van der Waals surface area contributed by atoms with E-state index in [1.165, 1.54) is 25.3 Å². The molecule has 0 unspecified atom stereocenters. The molecule has 33 heavy (non-hydrogen) atoms. The summed E-state index contributed by atoms with van der Waals surface area (Å²) in [7, 11) is 1.20. The van der Waals surface area contributed by atoms with Gasteiger partial charge in [-0.2, -0.15) is 17.6 Å². The number of hydrogen-bond acceptors (Lipinski definition) is 5. The molecule has 1 amide bonds. The van der Waals surface area contributed by atoms with Gasteiger partial charge in [-0.15, -0.1) is 0 Å². The highest BCUT2D eigenvalue weighted by Crippen LogP contribution is 2.32. The summed E-state index contributed by atoms with van der Waals surface area (Å²) >= 11 is 0. The highest BCUT2D eigenvalue weighted by Gasteiger charge is 2.27. The maximum Gasteiger partial charge on any atom is 0.387 e. The number of ether oxygens (including phenoxy) is 3. The van der Waals surface area contributed by atoms with E-state index in [1.807, 2.05) is 0 Å². The predicted molar refractivity (Wildman–Crippen MR) is 96.9 cm³/mol. The molecule has 0 radical (unpaired) electrons. The molecule has 1 N–H and O–H groups in total. The Bertz CT molecular complexity index is 1150. The molecule has 0 bridgehead atoms. The van der Waals surface area contributed by atoms with Gasteiger partial charge >= 0.3 is 6.61 Å². The summed E-state index contributed by atoms with van der Waals surface area (Å²) in [5.74, 6) is -14.2. The van der Waals surface area contributed by atoms with Gasteiger partial charge in [0, 0.05) is 11.8 Å². The minimum absolute atomic E-state index is 0.0931. The van der Waals surface area contributed by atoms with E-state index in [1.54, 1.807) is 0 Å². The number of alkyl halides is 2. The molecule has 3 rings (SSSR count). The summed E-state index contributed by atoms with van der Waals surface area (Å²) in [5.41, 5.74) is 0.120. The largest absolute Gasteiger partial charge is 0.493 e. The Morgan fingerprint density at radius 1 is 0.939 bits per heavy atom. The molecule has 0 aliphatic heterocycles. The van der Waals surface area contributed by atoms with Gasteiger partial charge in [0.1, 0.15) is 12.4 Å². The molecule has 6 nitrogen and oxygen atoms in total. The molecule has 176 valence electrons. The molecular weight excluding hydrogens is 467 g/mol. The quantitative estimate of drug-likeness (QED) is 0.266.